The molecule has 0 bridgehead atoms. The van der Waals surface area contributed by atoms with Crippen LogP contribution in [0.15, 0.2) is 42.5 Å². The molecule has 8 heteroatoms. The minimum Gasteiger partial charge on any atom is -0.505 e. The van der Waals surface area contributed by atoms with Gasteiger partial charge in [-0.15, -0.1) is 0 Å². The first-order valence-electron chi connectivity index (χ1n) is 10.5. The second-order valence-electron chi connectivity index (χ2n) is 8.24. The highest BCUT2D eigenvalue weighted by atomic mass is 19.2. The van der Waals surface area contributed by atoms with Crippen LogP contribution in [0.1, 0.15) is 37.2 Å². The van der Waals surface area contributed by atoms with Gasteiger partial charge in [0.05, 0.1) is 6.61 Å². The van der Waals surface area contributed by atoms with Gasteiger partial charge in [0.15, 0.2) is 23.1 Å². The molecule has 0 atom stereocenters. The molecule has 4 rings (SSSR count). The number of phenolic OH excluding ortho intramolecular Hbond substituents is 2. The van der Waals surface area contributed by atoms with Gasteiger partial charge >= 0.3 is 0 Å². The Hall–Kier alpha value is -3.29. The lowest BCUT2D eigenvalue weighted by atomic mass is 9.78. The Bertz CT molecular complexity index is 1170. The second kappa shape index (κ2) is 9.29. The molecule has 2 N–H and O–H groups in total. The van der Waals surface area contributed by atoms with Gasteiger partial charge in [0, 0.05) is 5.56 Å². The summed E-state index contributed by atoms with van der Waals surface area (Å²) in [5.41, 5.74) is 0.497. The number of aromatic hydroxyl groups is 2. The van der Waals surface area contributed by atoms with E-state index >= 15 is 0 Å². The van der Waals surface area contributed by atoms with Crippen molar-refractivity contribution >= 4 is 0 Å². The fourth-order valence-corrected chi connectivity index (χ4v) is 4.27. The van der Waals surface area contributed by atoms with Crippen LogP contribution in [0, 0.1) is 35.0 Å². The molecule has 1 aliphatic carbocycles. The smallest absolute Gasteiger partial charge is 0.204 e. The van der Waals surface area contributed by atoms with Crippen LogP contribution in [-0.4, -0.2) is 16.8 Å². The van der Waals surface area contributed by atoms with Crippen molar-refractivity contribution in [3.63, 3.8) is 0 Å². The van der Waals surface area contributed by atoms with Crippen LogP contribution in [0.5, 0.6) is 17.2 Å². The molecule has 1 aliphatic rings. The topological polar surface area (TPSA) is 49.7 Å². The van der Waals surface area contributed by atoms with E-state index in [1.54, 1.807) is 6.07 Å². The first kappa shape index (κ1) is 22.9. The van der Waals surface area contributed by atoms with Crippen LogP contribution < -0.4 is 4.74 Å². The van der Waals surface area contributed by atoms with Gasteiger partial charge in [-0.1, -0.05) is 12.1 Å². The minimum absolute atomic E-state index is 0.0699. The molecular weight excluding hydrogens is 443 g/mol. The molecule has 1 fully saturated rings. The van der Waals surface area contributed by atoms with Gasteiger partial charge in [-0.25, -0.2) is 8.78 Å². The van der Waals surface area contributed by atoms with E-state index in [1.807, 2.05) is 0 Å². The zero-order valence-corrected chi connectivity index (χ0v) is 17.4. The van der Waals surface area contributed by atoms with Gasteiger partial charge in [-0.3, -0.25) is 0 Å². The number of hydrogen-bond acceptors (Lipinski definition) is 3. The Labute approximate surface area is 187 Å². The third kappa shape index (κ3) is 4.60. The summed E-state index contributed by atoms with van der Waals surface area (Å²) >= 11 is 0. The number of phenols is 2. The predicted molar refractivity (Wildman–Crippen MR) is 112 cm³/mol. The van der Waals surface area contributed by atoms with Crippen LogP contribution >= 0.6 is 0 Å². The maximum atomic E-state index is 14.8. The van der Waals surface area contributed by atoms with E-state index < -0.39 is 40.6 Å². The van der Waals surface area contributed by atoms with Crippen molar-refractivity contribution in [2.24, 2.45) is 5.92 Å². The van der Waals surface area contributed by atoms with Crippen molar-refractivity contribution in [2.75, 3.05) is 6.61 Å². The summed E-state index contributed by atoms with van der Waals surface area (Å²) in [6.45, 7) is 0.168. The Morgan fingerprint density at radius 1 is 0.727 bits per heavy atom. The molecule has 0 spiro atoms. The lowest BCUT2D eigenvalue weighted by molar-refractivity contribution is 0.191. The number of benzene rings is 3. The van der Waals surface area contributed by atoms with E-state index in [9.17, 15) is 32.2 Å². The first-order valence-corrected chi connectivity index (χ1v) is 10.5. The molecule has 3 aromatic carbocycles. The number of rotatable bonds is 5. The maximum Gasteiger partial charge on any atom is 0.204 e. The molecule has 0 heterocycles. The predicted octanol–water partition coefficient (Wildman–Crippen LogP) is 6.81. The molecule has 174 valence electrons. The third-order valence-corrected chi connectivity index (χ3v) is 6.16. The Kier molecular flexibility index (Phi) is 6.44. The summed E-state index contributed by atoms with van der Waals surface area (Å²) in [6.07, 6.45) is 2.68. The second-order valence-corrected chi connectivity index (χ2v) is 8.24. The van der Waals surface area contributed by atoms with E-state index in [4.69, 9.17) is 4.74 Å². The number of halogens is 5. The highest BCUT2D eigenvalue weighted by Gasteiger charge is 2.26. The average molecular weight is 464 g/mol. The Morgan fingerprint density at radius 2 is 1.36 bits per heavy atom. The van der Waals surface area contributed by atoms with Gasteiger partial charge in [0.1, 0.15) is 5.82 Å². The van der Waals surface area contributed by atoms with Gasteiger partial charge in [0.2, 0.25) is 17.5 Å². The Morgan fingerprint density at radius 3 is 2.03 bits per heavy atom. The summed E-state index contributed by atoms with van der Waals surface area (Å²) in [5.74, 6) is -7.61. The van der Waals surface area contributed by atoms with Crippen molar-refractivity contribution in [3.05, 3.63) is 77.1 Å². The van der Waals surface area contributed by atoms with Gasteiger partial charge < -0.3 is 14.9 Å². The third-order valence-electron chi connectivity index (χ3n) is 6.16. The average Bonchev–Trinajstić information content (AvgIpc) is 2.81. The van der Waals surface area contributed by atoms with Crippen LogP contribution in [0.25, 0.3) is 11.1 Å². The maximum absolute atomic E-state index is 14.8. The van der Waals surface area contributed by atoms with Crippen LogP contribution in [-0.2, 0) is 0 Å². The highest BCUT2D eigenvalue weighted by Crippen LogP contribution is 2.39. The zero-order valence-electron chi connectivity index (χ0n) is 17.4. The van der Waals surface area contributed by atoms with Gasteiger partial charge in [0.25, 0.3) is 0 Å². The van der Waals surface area contributed by atoms with E-state index in [0.717, 1.165) is 18.2 Å². The lowest BCUT2D eigenvalue weighted by Gasteiger charge is -2.29. The molecule has 0 saturated heterocycles. The SMILES string of the molecule is Oc1ccc(OCC2CCC(c3ccc(-c4ccc(O)c(F)c4F)cc3F)CC2)c(F)c1F. The molecule has 1 saturated carbocycles. The van der Waals surface area contributed by atoms with E-state index in [2.05, 4.69) is 0 Å². The quantitative estimate of drug-likeness (QED) is 0.408. The van der Waals surface area contributed by atoms with E-state index in [1.165, 1.54) is 18.2 Å². The standard InChI is InChI=1S/C25H21F5O3/c26-18-11-15(17-7-8-19(31)23(28)22(17)27)5-6-16(18)14-3-1-13(2-4-14)12-33-21-10-9-20(32)24(29)25(21)30/h5-11,13-14,31-32H,1-4,12H2. The molecule has 0 aliphatic heterocycles. The summed E-state index contributed by atoms with van der Waals surface area (Å²) in [4.78, 5) is 0. The minimum atomic E-state index is -1.38. The molecule has 3 nitrogen and oxygen atoms in total. The molecule has 0 amide bonds. The molecule has 0 aromatic heterocycles. The van der Waals surface area contributed by atoms with Crippen molar-refractivity contribution in [1.82, 2.24) is 0 Å². The molecule has 33 heavy (non-hydrogen) atoms. The summed E-state index contributed by atoms with van der Waals surface area (Å²) in [5, 5.41) is 18.4. The van der Waals surface area contributed by atoms with Crippen LogP contribution in [0.3, 0.4) is 0 Å². The molecule has 0 radical (unpaired) electrons. The summed E-state index contributed by atoms with van der Waals surface area (Å²) in [7, 11) is 0. The Balaban J connectivity index is 1.39. The molecular formula is C25H21F5O3. The first-order chi connectivity index (χ1) is 15.8. The summed E-state index contributed by atoms with van der Waals surface area (Å²) in [6, 6.07) is 8.63. The fourth-order valence-electron chi connectivity index (χ4n) is 4.27. The monoisotopic (exact) mass is 464 g/mol. The van der Waals surface area contributed by atoms with Crippen LogP contribution in [0.4, 0.5) is 22.0 Å². The van der Waals surface area contributed by atoms with Gasteiger partial charge in [-0.05, 0) is 79.0 Å². The van der Waals surface area contributed by atoms with Crippen molar-refractivity contribution in [2.45, 2.75) is 31.6 Å². The van der Waals surface area contributed by atoms with Crippen molar-refractivity contribution in [1.29, 1.82) is 0 Å². The van der Waals surface area contributed by atoms with E-state index in [0.29, 0.717) is 31.2 Å². The normalized spacial score (nSPS) is 18.3. The van der Waals surface area contributed by atoms with Gasteiger partial charge in [-0.2, -0.15) is 13.2 Å². The molecule has 3 aromatic rings. The fraction of sp³-hybridized carbons (Fsp3) is 0.280. The number of ether oxygens (including phenoxy) is 1. The number of hydrogen-bond donors (Lipinski definition) is 2. The van der Waals surface area contributed by atoms with Crippen molar-refractivity contribution in [3.8, 4) is 28.4 Å². The summed E-state index contributed by atoms with van der Waals surface area (Å²) < 4.78 is 75.2. The molecule has 0 unspecified atom stereocenters. The van der Waals surface area contributed by atoms with Crippen molar-refractivity contribution < 1.29 is 36.9 Å². The highest BCUT2D eigenvalue weighted by molar-refractivity contribution is 5.66. The lowest BCUT2D eigenvalue weighted by Crippen LogP contribution is -2.20. The van der Waals surface area contributed by atoms with E-state index in [-0.39, 0.29) is 35.3 Å². The largest absolute Gasteiger partial charge is 0.505 e. The van der Waals surface area contributed by atoms with Crippen LogP contribution in [0.2, 0.25) is 0 Å². The zero-order chi connectivity index (χ0) is 23.7.